The Labute approximate surface area is 119 Å². The quantitative estimate of drug-likeness (QED) is 0.639. The van der Waals surface area contributed by atoms with Gasteiger partial charge in [0.15, 0.2) is 6.61 Å². The highest BCUT2D eigenvalue weighted by Crippen LogP contribution is 2.06. The molecule has 4 nitrogen and oxygen atoms in total. The highest BCUT2D eigenvalue weighted by Gasteiger charge is 2.05. The number of rotatable bonds is 6. The third kappa shape index (κ3) is 6.18. The summed E-state index contributed by atoms with van der Waals surface area (Å²) in [5.74, 6) is -0.770. The van der Waals surface area contributed by atoms with Crippen molar-refractivity contribution in [1.82, 2.24) is 5.32 Å². The highest BCUT2D eigenvalue weighted by atomic mass is 16.5. The number of benzene rings is 1. The van der Waals surface area contributed by atoms with Crippen molar-refractivity contribution in [2.75, 3.05) is 13.2 Å². The summed E-state index contributed by atoms with van der Waals surface area (Å²) in [6.07, 6.45) is 2.13. The number of allylic oxidation sites excluding steroid dienone is 1. The van der Waals surface area contributed by atoms with E-state index in [4.69, 9.17) is 4.74 Å². The number of amides is 1. The molecule has 1 rings (SSSR count). The first-order chi connectivity index (χ1) is 9.49. The van der Waals surface area contributed by atoms with Crippen LogP contribution in [0.4, 0.5) is 0 Å². The van der Waals surface area contributed by atoms with Gasteiger partial charge in [-0.25, -0.2) is 4.79 Å². The van der Waals surface area contributed by atoms with Crippen LogP contribution in [-0.4, -0.2) is 25.0 Å². The minimum atomic E-state index is -0.487. The van der Waals surface area contributed by atoms with Crippen LogP contribution in [0.5, 0.6) is 0 Å². The number of aryl methyl sites for hydroxylation is 1. The standard InChI is InChI=1S/C16H21NO3/c1-12(2)10-16(19)20-11-15(18)17-9-8-14-7-5-4-6-13(14)3/h4-7,10H,8-9,11H2,1-3H3,(H,17,18). The Hall–Kier alpha value is -2.10. The Morgan fingerprint density at radius 3 is 2.60 bits per heavy atom. The maximum absolute atomic E-state index is 11.5. The summed E-state index contributed by atoms with van der Waals surface area (Å²) in [4.78, 5) is 22.7. The van der Waals surface area contributed by atoms with Crippen molar-refractivity contribution in [1.29, 1.82) is 0 Å². The van der Waals surface area contributed by atoms with Crippen LogP contribution in [0.3, 0.4) is 0 Å². The molecule has 0 aliphatic carbocycles. The molecular formula is C16H21NO3. The maximum Gasteiger partial charge on any atom is 0.331 e. The number of esters is 1. The van der Waals surface area contributed by atoms with E-state index in [1.165, 1.54) is 17.2 Å². The number of hydrogen-bond donors (Lipinski definition) is 1. The van der Waals surface area contributed by atoms with Crippen LogP contribution in [0.15, 0.2) is 35.9 Å². The van der Waals surface area contributed by atoms with Crippen LogP contribution < -0.4 is 5.32 Å². The van der Waals surface area contributed by atoms with Gasteiger partial charge in [-0.3, -0.25) is 4.79 Å². The zero-order valence-corrected chi connectivity index (χ0v) is 12.2. The third-order valence-electron chi connectivity index (χ3n) is 2.73. The van der Waals surface area contributed by atoms with E-state index >= 15 is 0 Å². The number of carbonyl (C=O) groups excluding carboxylic acids is 2. The van der Waals surface area contributed by atoms with Crippen molar-refractivity contribution in [3.63, 3.8) is 0 Å². The summed E-state index contributed by atoms with van der Waals surface area (Å²) in [7, 11) is 0. The van der Waals surface area contributed by atoms with Gasteiger partial charge in [-0.1, -0.05) is 29.8 Å². The summed E-state index contributed by atoms with van der Waals surface area (Å²) in [6.45, 7) is 5.92. The van der Waals surface area contributed by atoms with E-state index in [0.29, 0.717) is 6.54 Å². The molecule has 0 saturated carbocycles. The van der Waals surface area contributed by atoms with Gasteiger partial charge in [0.25, 0.3) is 5.91 Å². The largest absolute Gasteiger partial charge is 0.452 e. The first-order valence-electron chi connectivity index (χ1n) is 6.62. The molecule has 0 aliphatic heterocycles. The van der Waals surface area contributed by atoms with E-state index in [2.05, 4.69) is 5.32 Å². The van der Waals surface area contributed by atoms with Crippen LogP contribution in [0.1, 0.15) is 25.0 Å². The normalized spacial score (nSPS) is 9.75. The summed E-state index contributed by atoms with van der Waals surface area (Å²) >= 11 is 0. The van der Waals surface area contributed by atoms with E-state index in [9.17, 15) is 9.59 Å². The minimum absolute atomic E-state index is 0.240. The van der Waals surface area contributed by atoms with Crippen LogP contribution in [0.25, 0.3) is 0 Å². The van der Waals surface area contributed by atoms with Crippen LogP contribution in [-0.2, 0) is 20.7 Å². The van der Waals surface area contributed by atoms with Gasteiger partial charge in [-0.15, -0.1) is 0 Å². The Morgan fingerprint density at radius 2 is 1.95 bits per heavy atom. The fourth-order valence-electron chi connectivity index (χ4n) is 1.69. The third-order valence-corrected chi connectivity index (χ3v) is 2.73. The zero-order chi connectivity index (χ0) is 15.0. The molecule has 1 aromatic carbocycles. The molecule has 1 aromatic rings. The molecule has 4 heteroatoms. The number of ether oxygens (including phenoxy) is 1. The second-order valence-corrected chi connectivity index (χ2v) is 4.86. The minimum Gasteiger partial charge on any atom is -0.452 e. The molecule has 0 saturated heterocycles. The van der Waals surface area contributed by atoms with Crippen LogP contribution in [0, 0.1) is 6.92 Å². The molecule has 0 fully saturated rings. The molecule has 108 valence electrons. The van der Waals surface area contributed by atoms with Gasteiger partial charge in [-0.05, 0) is 38.3 Å². The number of hydrogen-bond acceptors (Lipinski definition) is 3. The first-order valence-corrected chi connectivity index (χ1v) is 6.62. The highest BCUT2D eigenvalue weighted by molar-refractivity contribution is 5.86. The predicted molar refractivity (Wildman–Crippen MR) is 78.3 cm³/mol. The summed E-state index contributed by atoms with van der Waals surface area (Å²) in [5.41, 5.74) is 3.25. The SMILES string of the molecule is CC(C)=CC(=O)OCC(=O)NCCc1ccccc1C. The second kappa shape index (κ2) is 8.15. The van der Waals surface area contributed by atoms with E-state index < -0.39 is 5.97 Å². The fraction of sp³-hybridized carbons (Fsp3) is 0.375. The molecule has 0 unspecified atom stereocenters. The van der Waals surface area contributed by atoms with Gasteiger partial charge >= 0.3 is 5.97 Å². The van der Waals surface area contributed by atoms with E-state index in [0.717, 1.165) is 12.0 Å². The Bertz CT molecular complexity index is 502. The van der Waals surface area contributed by atoms with E-state index in [-0.39, 0.29) is 12.5 Å². The first kappa shape index (κ1) is 16.0. The van der Waals surface area contributed by atoms with Crippen molar-refractivity contribution in [3.05, 3.63) is 47.0 Å². The van der Waals surface area contributed by atoms with Crippen LogP contribution >= 0.6 is 0 Å². The van der Waals surface area contributed by atoms with Crippen LogP contribution in [0.2, 0.25) is 0 Å². The van der Waals surface area contributed by atoms with Crippen molar-refractivity contribution >= 4 is 11.9 Å². The van der Waals surface area contributed by atoms with Gasteiger partial charge < -0.3 is 10.1 Å². The van der Waals surface area contributed by atoms with Crippen molar-refractivity contribution in [2.45, 2.75) is 27.2 Å². The topological polar surface area (TPSA) is 55.4 Å². The van der Waals surface area contributed by atoms with E-state index in [1.54, 1.807) is 13.8 Å². The van der Waals surface area contributed by atoms with Crippen molar-refractivity contribution in [2.24, 2.45) is 0 Å². The molecule has 0 aromatic heterocycles. The Kier molecular flexibility index (Phi) is 6.50. The summed E-state index contributed by atoms with van der Waals surface area (Å²) < 4.78 is 4.81. The molecule has 0 radical (unpaired) electrons. The van der Waals surface area contributed by atoms with Gasteiger partial charge in [0, 0.05) is 12.6 Å². The predicted octanol–water partition coefficient (Wildman–Crippen LogP) is 2.16. The van der Waals surface area contributed by atoms with Gasteiger partial charge in [-0.2, -0.15) is 0 Å². The smallest absolute Gasteiger partial charge is 0.331 e. The summed E-state index contributed by atoms with van der Waals surface area (Å²) in [6, 6.07) is 8.04. The Morgan fingerprint density at radius 1 is 1.25 bits per heavy atom. The molecule has 0 atom stereocenters. The second-order valence-electron chi connectivity index (χ2n) is 4.86. The summed E-state index contributed by atoms with van der Waals surface area (Å²) in [5, 5.41) is 2.73. The molecular weight excluding hydrogens is 254 g/mol. The number of carbonyl (C=O) groups is 2. The average molecular weight is 275 g/mol. The van der Waals surface area contributed by atoms with Gasteiger partial charge in [0.05, 0.1) is 0 Å². The van der Waals surface area contributed by atoms with Crippen molar-refractivity contribution < 1.29 is 14.3 Å². The van der Waals surface area contributed by atoms with E-state index in [1.807, 2.05) is 31.2 Å². The Balaban J connectivity index is 2.26. The monoisotopic (exact) mass is 275 g/mol. The molecule has 0 bridgehead atoms. The molecule has 0 heterocycles. The lowest BCUT2D eigenvalue weighted by atomic mass is 10.1. The molecule has 1 amide bonds. The van der Waals surface area contributed by atoms with Gasteiger partial charge in [0.1, 0.15) is 0 Å². The lowest BCUT2D eigenvalue weighted by Gasteiger charge is -2.07. The van der Waals surface area contributed by atoms with Crippen molar-refractivity contribution in [3.8, 4) is 0 Å². The molecule has 0 aliphatic rings. The average Bonchev–Trinajstić information content (AvgIpc) is 2.38. The molecule has 1 N–H and O–H groups in total. The number of nitrogens with one attached hydrogen (secondary N) is 1. The lowest BCUT2D eigenvalue weighted by molar-refractivity contribution is -0.143. The molecule has 0 spiro atoms. The fourth-order valence-corrected chi connectivity index (χ4v) is 1.69. The maximum atomic E-state index is 11.5. The van der Waals surface area contributed by atoms with Gasteiger partial charge in [0.2, 0.25) is 0 Å². The lowest BCUT2D eigenvalue weighted by Crippen LogP contribution is -2.30. The molecule has 20 heavy (non-hydrogen) atoms. The zero-order valence-electron chi connectivity index (χ0n) is 12.2.